The van der Waals surface area contributed by atoms with Gasteiger partial charge in [0.05, 0.1) is 11.8 Å². The molecule has 2 aliphatic rings. The maximum Gasteiger partial charge on any atom is 0.255 e. The summed E-state index contributed by atoms with van der Waals surface area (Å²) in [5.41, 5.74) is 12.1. The van der Waals surface area contributed by atoms with Crippen LogP contribution in [0.15, 0.2) is 73.2 Å². The molecule has 1 atom stereocenters. The molecule has 2 fully saturated rings. The van der Waals surface area contributed by atoms with Crippen LogP contribution in [0.1, 0.15) is 46.5 Å². The maximum atomic E-state index is 13.3. The van der Waals surface area contributed by atoms with Crippen LogP contribution in [0.5, 0.6) is 0 Å². The first kappa shape index (κ1) is 29.5. The number of aryl methyl sites for hydroxylation is 1. The minimum absolute atomic E-state index is 0.0304. The number of anilines is 1. The lowest BCUT2D eigenvalue weighted by atomic mass is 9.90. The van der Waals surface area contributed by atoms with Crippen molar-refractivity contribution in [2.75, 3.05) is 45.0 Å². The molecule has 228 valence electrons. The van der Waals surface area contributed by atoms with Gasteiger partial charge in [-0.05, 0) is 55.2 Å². The smallest absolute Gasteiger partial charge is 0.255 e. The van der Waals surface area contributed by atoms with E-state index < -0.39 is 0 Å². The Bertz CT molecular complexity index is 1640. The number of likely N-dealkylation sites (tertiary alicyclic amines) is 1. The van der Waals surface area contributed by atoms with Crippen LogP contribution < -0.4 is 16.4 Å². The van der Waals surface area contributed by atoms with E-state index in [2.05, 4.69) is 63.7 Å². The molecule has 0 aliphatic carbocycles. The number of hydrogen-bond acceptors (Lipinski definition) is 7. The van der Waals surface area contributed by atoms with Crippen molar-refractivity contribution in [3.63, 3.8) is 0 Å². The van der Waals surface area contributed by atoms with Gasteiger partial charge in [-0.3, -0.25) is 19.2 Å². The van der Waals surface area contributed by atoms with Crippen LogP contribution >= 0.6 is 0 Å². The van der Waals surface area contributed by atoms with Crippen molar-refractivity contribution in [2.24, 2.45) is 7.05 Å². The van der Waals surface area contributed by atoms with Crippen molar-refractivity contribution < 1.29 is 9.59 Å². The summed E-state index contributed by atoms with van der Waals surface area (Å²) in [5.74, 6) is -0.174. The Kier molecular flexibility index (Phi) is 8.20. The molecule has 2 aromatic heterocycles. The fraction of sp³-hybridized carbons (Fsp3) is 0.353. The third-order valence-electron chi connectivity index (χ3n) is 8.98. The summed E-state index contributed by atoms with van der Waals surface area (Å²) < 4.78 is 1.69. The maximum absolute atomic E-state index is 13.3. The van der Waals surface area contributed by atoms with Crippen molar-refractivity contribution in [1.29, 1.82) is 0 Å². The number of nitrogen functional groups attached to an aromatic ring is 1. The molecule has 0 bridgehead atoms. The van der Waals surface area contributed by atoms with Crippen LogP contribution in [0, 0.1) is 0 Å². The summed E-state index contributed by atoms with van der Waals surface area (Å²) in [5, 5.41) is 10.7. The van der Waals surface area contributed by atoms with Gasteiger partial charge in [0.15, 0.2) is 0 Å². The lowest BCUT2D eigenvalue weighted by molar-refractivity contribution is 0.0783. The van der Waals surface area contributed by atoms with Crippen molar-refractivity contribution in [3.8, 4) is 22.3 Å². The van der Waals surface area contributed by atoms with Gasteiger partial charge in [-0.15, -0.1) is 0 Å². The number of nitrogens with two attached hydrogens (primary N) is 1. The van der Waals surface area contributed by atoms with Crippen molar-refractivity contribution in [3.05, 3.63) is 89.9 Å². The molecule has 0 radical (unpaired) electrons. The highest BCUT2D eigenvalue weighted by Crippen LogP contribution is 2.30. The number of nitrogens with zero attached hydrogens (tertiary/aromatic N) is 5. The average molecular weight is 593 g/mol. The second kappa shape index (κ2) is 12.2. The number of piperazine rings is 1. The van der Waals surface area contributed by atoms with Gasteiger partial charge in [-0.1, -0.05) is 36.4 Å². The van der Waals surface area contributed by atoms with Gasteiger partial charge in [-0.2, -0.15) is 5.10 Å². The molecule has 4 N–H and O–H groups in total. The second-order valence-electron chi connectivity index (χ2n) is 12.2. The minimum atomic E-state index is -0.299. The summed E-state index contributed by atoms with van der Waals surface area (Å²) in [6.45, 7) is 9.71. The Morgan fingerprint density at radius 2 is 1.61 bits per heavy atom. The number of carbonyl (C=O) groups is 2. The molecule has 6 rings (SSSR count). The third-order valence-corrected chi connectivity index (χ3v) is 8.98. The predicted molar refractivity (Wildman–Crippen MR) is 172 cm³/mol. The highest BCUT2D eigenvalue weighted by Gasteiger charge is 2.30. The zero-order valence-corrected chi connectivity index (χ0v) is 25.6. The fourth-order valence-electron chi connectivity index (χ4n) is 6.18. The standard InChI is InChI=1S/C34H40N8O2/c1-34(2,42-16-13-36-14-17-42)28-10-8-24(9-11-28)23-4-6-25(7-5-23)33(44)41-15-12-29(22-41)39-32(43)30-18-26(19-37-31(30)35)27-20-38-40(3)21-27/h4-11,18-21,29,36H,12-17,22H2,1-3H3,(H2,35,37)(H,39,43)/t29-/m1/s1. The van der Waals surface area contributed by atoms with Gasteiger partial charge in [0.2, 0.25) is 0 Å². The Hall–Kier alpha value is -4.54. The molecule has 0 saturated carbocycles. The number of pyridine rings is 1. The molecule has 44 heavy (non-hydrogen) atoms. The van der Waals surface area contributed by atoms with Gasteiger partial charge < -0.3 is 21.3 Å². The third kappa shape index (κ3) is 6.09. The van der Waals surface area contributed by atoms with Gasteiger partial charge in [0.25, 0.3) is 11.8 Å². The molecule has 2 saturated heterocycles. The molecular weight excluding hydrogens is 552 g/mol. The van der Waals surface area contributed by atoms with E-state index in [1.54, 1.807) is 28.0 Å². The number of amides is 2. The molecule has 4 heterocycles. The van der Waals surface area contributed by atoms with E-state index in [0.717, 1.165) is 48.4 Å². The first-order chi connectivity index (χ1) is 21.2. The van der Waals surface area contributed by atoms with Crippen molar-refractivity contribution in [2.45, 2.75) is 31.8 Å². The van der Waals surface area contributed by atoms with Crippen LogP contribution in [0.3, 0.4) is 0 Å². The highest BCUT2D eigenvalue weighted by molar-refractivity contribution is 6.00. The number of hydrogen-bond donors (Lipinski definition) is 3. The van der Waals surface area contributed by atoms with E-state index in [1.165, 1.54) is 5.56 Å². The van der Waals surface area contributed by atoms with Crippen molar-refractivity contribution in [1.82, 2.24) is 35.2 Å². The molecule has 0 spiro atoms. The molecule has 4 aromatic rings. The monoisotopic (exact) mass is 592 g/mol. The lowest BCUT2D eigenvalue weighted by Crippen LogP contribution is -2.51. The van der Waals surface area contributed by atoms with E-state index in [0.29, 0.717) is 30.6 Å². The molecule has 10 nitrogen and oxygen atoms in total. The van der Waals surface area contributed by atoms with Gasteiger partial charge in [-0.25, -0.2) is 4.98 Å². The lowest BCUT2D eigenvalue weighted by Gasteiger charge is -2.41. The Morgan fingerprint density at radius 1 is 0.932 bits per heavy atom. The van der Waals surface area contributed by atoms with E-state index in [4.69, 9.17) is 5.73 Å². The highest BCUT2D eigenvalue weighted by atomic mass is 16.2. The summed E-state index contributed by atoms with van der Waals surface area (Å²) in [6.07, 6.45) is 5.87. The number of carbonyl (C=O) groups excluding carboxylic acids is 2. The molecule has 0 unspecified atom stereocenters. The first-order valence-corrected chi connectivity index (χ1v) is 15.2. The van der Waals surface area contributed by atoms with E-state index in [1.807, 2.05) is 37.5 Å². The number of rotatable bonds is 7. The van der Waals surface area contributed by atoms with Gasteiger partial charge in [0, 0.05) is 87.0 Å². The van der Waals surface area contributed by atoms with E-state index in [-0.39, 0.29) is 29.2 Å². The zero-order valence-electron chi connectivity index (χ0n) is 25.6. The fourth-order valence-corrected chi connectivity index (χ4v) is 6.18. The predicted octanol–water partition coefficient (Wildman–Crippen LogP) is 3.52. The van der Waals surface area contributed by atoms with Crippen LogP contribution in [0.2, 0.25) is 0 Å². The average Bonchev–Trinajstić information content (AvgIpc) is 3.70. The minimum Gasteiger partial charge on any atom is -0.383 e. The number of benzene rings is 2. The summed E-state index contributed by atoms with van der Waals surface area (Å²) in [4.78, 5) is 35.0. The zero-order chi connectivity index (χ0) is 30.8. The van der Waals surface area contributed by atoms with E-state index >= 15 is 0 Å². The molecular formula is C34H40N8O2. The topological polar surface area (TPSA) is 121 Å². The summed E-state index contributed by atoms with van der Waals surface area (Å²) >= 11 is 0. The summed E-state index contributed by atoms with van der Waals surface area (Å²) in [6, 6.07) is 18.1. The number of aromatic nitrogens is 3. The molecule has 2 aromatic carbocycles. The Labute approximate surface area is 258 Å². The van der Waals surface area contributed by atoms with Gasteiger partial charge in [0.1, 0.15) is 5.82 Å². The van der Waals surface area contributed by atoms with Gasteiger partial charge >= 0.3 is 0 Å². The first-order valence-electron chi connectivity index (χ1n) is 15.2. The SMILES string of the molecule is Cn1cc(-c2cnc(N)c(C(=O)N[C@@H]3CCN(C(=O)c4ccc(-c5ccc(C(C)(C)N6CCNCC6)cc5)cc4)C3)c2)cn1. The Balaban J connectivity index is 1.06. The van der Waals surface area contributed by atoms with Crippen LogP contribution in [0.25, 0.3) is 22.3 Å². The quantitative estimate of drug-likeness (QED) is 0.300. The van der Waals surface area contributed by atoms with Crippen LogP contribution in [-0.4, -0.2) is 81.7 Å². The summed E-state index contributed by atoms with van der Waals surface area (Å²) in [7, 11) is 1.83. The van der Waals surface area contributed by atoms with Crippen LogP contribution in [-0.2, 0) is 12.6 Å². The largest absolute Gasteiger partial charge is 0.383 e. The van der Waals surface area contributed by atoms with Crippen LogP contribution in [0.4, 0.5) is 5.82 Å². The molecule has 2 amide bonds. The molecule has 10 heteroatoms. The normalized spacial score (nSPS) is 17.5. The number of nitrogens with one attached hydrogen (secondary N) is 2. The van der Waals surface area contributed by atoms with Crippen molar-refractivity contribution >= 4 is 17.6 Å². The second-order valence-corrected chi connectivity index (χ2v) is 12.2. The Morgan fingerprint density at radius 3 is 2.27 bits per heavy atom. The molecule has 2 aliphatic heterocycles. The van der Waals surface area contributed by atoms with E-state index in [9.17, 15) is 9.59 Å².